The third-order valence-corrected chi connectivity index (χ3v) is 1.62. The Kier molecular flexibility index (Phi) is 18.7. The molecule has 0 spiro atoms. The second-order valence-electron chi connectivity index (χ2n) is 2.97. The Labute approximate surface area is 105 Å². The van der Waals surface area contributed by atoms with Crippen molar-refractivity contribution in [3.63, 3.8) is 0 Å². The maximum Gasteiger partial charge on any atom is 0.0402 e. The van der Waals surface area contributed by atoms with E-state index in [1.807, 2.05) is 36.4 Å². The van der Waals surface area contributed by atoms with Crippen molar-refractivity contribution in [1.29, 1.82) is 0 Å². The smallest absolute Gasteiger partial charge is 0.0402 e. The van der Waals surface area contributed by atoms with Gasteiger partial charge in [-0.15, -0.1) is 12.4 Å². The second-order valence-corrected chi connectivity index (χ2v) is 2.97. The van der Waals surface area contributed by atoms with Crippen LogP contribution in [0.1, 0.15) is 6.92 Å². The normalized spacial score (nSPS) is 13.1. The van der Waals surface area contributed by atoms with Crippen LogP contribution in [0.25, 0.3) is 0 Å². The molecule has 1 aromatic carbocycles. The van der Waals surface area contributed by atoms with Gasteiger partial charge in [-0.1, -0.05) is 36.4 Å². The summed E-state index contributed by atoms with van der Waals surface area (Å²) in [5.74, 6) is 0. The molecule has 0 aromatic heterocycles. The van der Waals surface area contributed by atoms with Gasteiger partial charge in [-0.25, -0.2) is 0 Å². The minimum absolute atomic E-state index is 0. The lowest BCUT2D eigenvalue weighted by molar-refractivity contribution is 0.318. The molecule has 0 bridgehead atoms. The van der Waals surface area contributed by atoms with Gasteiger partial charge in [0.2, 0.25) is 0 Å². The summed E-state index contributed by atoms with van der Waals surface area (Å²) in [5, 5.41) is 14.0. The summed E-state index contributed by atoms with van der Waals surface area (Å²) >= 11 is 0. The highest BCUT2D eigenvalue weighted by molar-refractivity contribution is 5.85. The fourth-order valence-electron chi connectivity index (χ4n) is 0.988. The molecule has 1 aliphatic heterocycles. The molecule has 1 saturated heterocycles. The molecule has 94 valence electrons. The number of aliphatic hydroxyl groups excluding tert-OH is 1. The molecule has 0 unspecified atom stereocenters. The Morgan fingerprint density at radius 2 is 1.00 bits per heavy atom. The maximum absolute atomic E-state index is 7.57. The van der Waals surface area contributed by atoms with Crippen LogP contribution in [0.5, 0.6) is 0 Å². The Morgan fingerprint density at radius 1 is 0.812 bits per heavy atom. The van der Waals surface area contributed by atoms with E-state index in [2.05, 4.69) is 10.6 Å². The Balaban J connectivity index is 0. The van der Waals surface area contributed by atoms with Gasteiger partial charge in [-0.3, -0.25) is 0 Å². The Morgan fingerprint density at radius 3 is 1.12 bits per heavy atom. The average Bonchev–Trinajstić information content (AvgIpc) is 2.35. The van der Waals surface area contributed by atoms with E-state index < -0.39 is 0 Å². The molecule has 1 aliphatic rings. The van der Waals surface area contributed by atoms with Crippen molar-refractivity contribution in [3.8, 4) is 0 Å². The lowest BCUT2D eigenvalue weighted by Gasteiger charge is -2.11. The van der Waals surface area contributed by atoms with Crippen molar-refractivity contribution in [3.05, 3.63) is 36.4 Å². The van der Waals surface area contributed by atoms with Gasteiger partial charge in [0.15, 0.2) is 0 Å². The predicted molar refractivity (Wildman–Crippen MR) is 72.2 cm³/mol. The van der Waals surface area contributed by atoms with Crippen molar-refractivity contribution in [2.75, 3.05) is 32.8 Å². The van der Waals surface area contributed by atoms with Crippen molar-refractivity contribution >= 4 is 12.4 Å². The molecule has 3 N–H and O–H groups in total. The second kappa shape index (κ2) is 16.8. The van der Waals surface area contributed by atoms with Crippen molar-refractivity contribution < 1.29 is 5.11 Å². The van der Waals surface area contributed by atoms with Crippen LogP contribution in [0, 0.1) is 0 Å². The van der Waals surface area contributed by atoms with Gasteiger partial charge in [0.05, 0.1) is 0 Å². The van der Waals surface area contributed by atoms with E-state index >= 15 is 0 Å². The van der Waals surface area contributed by atoms with Crippen LogP contribution in [0.15, 0.2) is 36.4 Å². The summed E-state index contributed by atoms with van der Waals surface area (Å²) < 4.78 is 0. The summed E-state index contributed by atoms with van der Waals surface area (Å²) in [6.45, 7) is 6.49. The topological polar surface area (TPSA) is 44.3 Å². The molecule has 16 heavy (non-hydrogen) atoms. The monoisotopic (exact) mass is 246 g/mol. The molecule has 0 atom stereocenters. The fourth-order valence-corrected chi connectivity index (χ4v) is 0.988. The molecule has 0 saturated carbocycles. The van der Waals surface area contributed by atoms with Crippen LogP contribution in [-0.2, 0) is 0 Å². The Bertz CT molecular complexity index is 155. The molecule has 1 heterocycles. The molecule has 3 nitrogen and oxygen atoms in total. The van der Waals surface area contributed by atoms with Crippen molar-refractivity contribution in [2.24, 2.45) is 0 Å². The van der Waals surface area contributed by atoms with Crippen LogP contribution in [0.2, 0.25) is 0 Å². The fraction of sp³-hybridized carbons (Fsp3) is 0.500. The van der Waals surface area contributed by atoms with Gasteiger partial charge < -0.3 is 15.7 Å². The molecule has 0 radical (unpaired) electrons. The molecular formula is C12H23ClN2O. The molecule has 2 rings (SSSR count). The van der Waals surface area contributed by atoms with E-state index in [9.17, 15) is 0 Å². The van der Waals surface area contributed by atoms with E-state index in [4.69, 9.17) is 5.11 Å². The minimum atomic E-state index is 0. The number of aliphatic hydroxyl groups is 1. The molecular weight excluding hydrogens is 224 g/mol. The SMILES string of the molecule is C1CNCCN1.CCO.Cl.c1ccccc1. The van der Waals surface area contributed by atoms with Crippen molar-refractivity contribution in [1.82, 2.24) is 10.6 Å². The van der Waals surface area contributed by atoms with Gasteiger partial charge in [0, 0.05) is 32.8 Å². The Hall–Kier alpha value is -0.610. The van der Waals surface area contributed by atoms with Gasteiger partial charge >= 0.3 is 0 Å². The number of hydrogen-bond acceptors (Lipinski definition) is 3. The van der Waals surface area contributed by atoms with Gasteiger partial charge in [0.1, 0.15) is 0 Å². The number of halogens is 1. The average molecular weight is 247 g/mol. The van der Waals surface area contributed by atoms with E-state index in [-0.39, 0.29) is 19.0 Å². The highest BCUT2D eigenvalue weighted by Gasteiger charge is 1.91. The largest absolute Gasteiger partial charge is 0.397 e. The zero-order valence-corrected chi connectivity index (χ0v) is 10.7. The molecule has 1 fully saturated rings. The third kappa shape index (κ3) is 15.8. The zero-order valence-electron chi connectivity index (χ0n) is 9.86. The summed E-state index contributed by atoms with van der Waals surface area (Å²) in [6.07, 6.45) is 0. The van der Waals surface area contributed by atoms with Gasteiger partial charge in [-0.2, -0.15) is 0 Å². The maximum atomic E-state index is 7.57. The van der Waals surface area contributed by atoms with E-state index in [1.54, 1.807) is 6.92 Å². The van der Waals surface area contributed by atoms with Crippen LogP contribution in [0.4, 0.5) is 0 Å². The third-order valence-electron chi connectivity index (χ3n) is 1.62. The molecule has 4 heteroatoms. The van der Waals surface area contributed by atoms with Gasteiger partial charge in [-0.05, 0) is 6.92 Å². The number of piperazine rings is 1. The highest BCUT2D eigenvalue weighted by Crippen LogP contribution is 1.79. The number of rotatable bonds is 0. The van der Waals surface area contributed by atoms with Gasteiger partial charge in [0.25, 0.3) is 0 Å². The van der Waals surface area contributed by atoms with Crippen LogP contribution in [0.3, 0.4) is 0 Å². The molecule has 0 amide bonds. The molecule has 0 aliphatic carbocycles. The number of benzene rings is 1. The first-order chi connectivity index (χ1) is 7.41. The summed E-state index contributed by atoms with van der Waals surface area (Å²) in [6, 6.07) is 12.0. The van der Waals surface area contributed by atoms with E-state index in [0.717, 1.165) is 26.2 Å². The number of nitrogens with one attached hydrogen (secondary N) is 2. The summed E-state index contributed by atoms with van der Waals surface area (Å²) in [7, 11) is 0. The van der Waals surface area contributed by atoms with E-state index in [0.29, 0.717) is 0 Å². The first-order valence-corrected chi connectivity index (χ1v) is 5.44. The highest BCUT2D eigenvalue weighted by atomic mass is 35.5. The lowest BCUT2D eigenvalue weighted by atomic mass is 10.4. The van der Waals surface area contributed by atoms with E-state index in [1.165, 1.54) is 0 Å². The van der Waals surface area contributed by atoms with Crippen LogP contribution >= 0.6 is 12.4 Å². The summed E-state index contributed by atoms with van der Waals surface area (Å²) in [4.78, 5) is 0. The quantitative estimate of drug-likeness (QED) is 0.646. The van der Waals surface area contributed by atoms with Crippen molar-refractivity contribution in [2.45, 2.75) is 6.92 Å². The first kappa shape index (κ1) is 17.8. The zero-order chi connectivity index (χ0) is 11.2. The first-order valence-electron chi connectivity index (χ1n) is 5.44. The van der Waals surface area contributed by atoms with Crippen LogP contribution < -0.4 is 10.6 Å². The number of hydrogen-bond donors (Lipinski definition) is 3. The standard InChI is InChI=1S/C6H6.C4H10N2.C2H6O.ClH/c1-2-4-6-5-3-1;1-2-6-4-3-5-1;1-2-3;/h1-6H;5-6H,1-4H2;3H,2H2,1H3;1H. The summed E-state index contributed by atoms with van der Waals surface area (Å²) in [5.41, 5.74) is 0. The predicted octanol–water partition coefficient (Wildman–Crippen LogP) is 1.29. The molecule has 1 aromatic rings. The lowest BCUT2D eigenvalue weighted by Crippen LogP contribution is -2.39. The van der Waals surface area contributed by atoms with Crippen LogP contribution in [-0.4, -0.2) is 37.9 Å². The minimum Gasteiger partial charge on any atom is -0.397 e.